The minimum absolute atomic E-state index is 0.227. The number of fused-ring (bicyclic) bond motifs is 1. The number of hydrogen-bond acceptors (Lipinski definition) is 3. The Morgan fingerprint density at radius 2 is 1.79 bits per heavy atom. The molecule has 4 rings (SSSR count). The molecule has 0 radical (unpaired) electrons. The molecule has 4 heteroatoms. The van der Waals surface area contributed by atoms with E-state index in [1.807, 2.05) is 36.4 Å². The lowest BCUT2D eigenvalue weighted by molar-refractivity contribution is 0.311. The first-order valence-corrected chi connectivity index (χ1v) is 10.1. The summed E-state index contributed by atoms with van der Waals surface area (Å²) in [7, 11) is 0. The molecule has 0 aliphatic carbocycles. The average Bonchev–Trinajstić information content (AvgIpc) is 2.72. The standard InChI is InChI=1S/C24H20FNOS/c25-19-9-4-10-21(16-19)28-24-13-14-26-23-17-20(11-12-22(23)24)27-15-5-8-18-6-2-1-3-7-18/h1-4,6-7,9-14,16-17H,5,8,15H2. The third kappa shape index (κ3) is 4.70. The maximum atomic E-state index is 13.5. The van der Waals surface area contributed by atoms with Crippen molar-refractivity contribution in [2.45, 2.75) is 22.6 Å². The summed E-state index contributed by atoms with van der Waals surface area (Å²) in [6, 6.07) is 25.0. The Bertz CT molecular complexity index is 1070. The van der Waals surface area contributed by atoms with E-state index in [4.69, 9.17) is 4.74 Å². The summed E-state index contributed by atoms with van der Waals surface area (Å²) in [6.07, 6.45) is 3.75. The van der Waals surface area contributed by atoms with Crippen molar-refractivity contribution in [2.24, 2.45) is 0 Å². The van der Waals surface area contributed by atoms with Gasteiger partial charge in [0.1, 0.15) is 11.6 Å². The molecular formula is C24H20FNOS. The van der Waals surface area contributed by atoms with Crippen molar-refractivity contribution in [1.82, 2.24) is 4.98 Å². The second kappa shape index (κ2) is 8.89. The second-order valence-electron chi connectivity index (χ2n) is 6.49. The van der Waals surface area contributed by atoms with E-state index in [0.29, 0.717) is 6.61 Å². The highest BCUT2D eigenvalue weighted by Gasteiger charge is 2.06. The van der Waals surface area contributed by atoms with Crippen LogP contribution in [0.2, 0.25) is 0 Å². The zero-order valence-corrected chi connectivity index (χ0v) is 16.2. The first-order chi connectivity index (χ1) is 13.8. The molecule has 0 fully saturated rings. The maximum Gasteiger partial charge on any atom is 0.124 e. The lowest BCUT2D eigenvalue weighted by Crippen LogP contribution is -1.99. The summed E-state index contributed by atoms with van der Waals surface area (Å²) in [4.78, 5) is 6.39. The highest BCUT2D eigenvalue weighted by atomic mass is 32.2. The van der Waals surface area contributed by atoms with Gasteiger partial charge in [-0.05, 0) is 54.8 Å². The van der Waals surface area contributed by atoms with Crippen molar-refractivity contribution in [1.29, 1.82) is 0 Å². The minimum atomic E-state index is -0.227. The Labute approximate surface area is 168 Å². The molecule has 0 aliphatic rings. The zero-order valence-electron chi connectivity index (χ0n) is 15.3. The SMILES string of the molecule is Fc1cccc(Sc2ccnc3cc(OCCCc4ccccc4)ccc23)c1. The van der Waals surface area contributed by atoms with Crippen LogP contribution >= 0.6 is 11.8 Å². The van der Waals surface area contributed by atoms with Crippen molar-refractivity contribution < 1.29 is 9.13 Å². The Balaban J connectivity index is 1.43. The number of ether oxygens (including phenoxy) is 1. The number of hydrogen-bond donors (Lipinski definition) is 0. The van der Waals surface area contributed by atoms with E-state index in [1.165, 1.54) is 23.4 Å². The Morgan fingerprint density at radius 3 is 2.64 bits per heavy atom. The molecule has 2 nitrogen and oxygen atoms in total. The molecule has 0 spiro atoms. The van der Waals surface area contributed by atoms with E-state index in [2.05, 4.69) is 29.2 Å². The smallest absolute Gasteiger partial charge is 0.124 e. The molecule has 1 heterocycles. The van der Waals surface area contributed by atoms with Crippen LogP contribution in [-0.2, 0) is 6.42 Å². The summed E-state index contributed by atoms with van der Waals surface area (Å²) < 4.78 is 19.4. The van der Waals surface area contributed by atoms with Gasteiger partial charge in [-0.2, -0.15) is 0 Å². The van der Waals surface area contributed by atoms with Gasteiger partial charge in [-0.25, -0.2) is 4.39 Å². The summed E-state index contributed by atoms with van der Waals surface area (Å²) in [5.41, 5.74) is 2.20. The van der Waals surface area contributed by atoms with Crippen LogP contribution in [0.5, 0.6) is 5.75 Å². The maximum absolute atomic E-state index is 13.5. The predicted molar refractivity (Wildman–Crippen MR) is 113 cm³/mol. The van der Waals surface area contributed by atoms with Crippen molar-refractivity contribution in [2.75, 3.05) is 6.61 Å². The summed E-state index contributed by atoms with van der Waals surface area (Å²) >= 11 is 1.54. The molecule has 0 unspecified atom stereocenters. The van der Waals surface area contributed by atoms with Crippen molar-refractivity contribution >= 4 is 22.7 Å². The van der Waals surface area contributed by atoms with Gasteiger partial charge in [0.25, 0.3) is 0 Å². The molecule has 140 valence electrons. The highest BCUT2D eigenvalue weighted by Crippen LogP contribution is 2.34. The van der Waals surface area contributed by atoms with Crippen LogP contribution in [0.25, 0.3) is 10.9 Å². The van der Waals surface area contributed by atoms with Gasteiger partial charge in [0.2, 0.25) is 0 Å². The largest absolute Gasteiger partial charge is 0.494 e. The topological polar surface area (TPSA) is 22.1 Å². The summed E-state index contributed by atoms with van der Waals surface area (Å²) in [5, 5.41) is 1.04. The van der Waals surface area contributed by atoms with E-state index < -0.39 is 0 Å². The van der Waals surface area contributed by atoms with Gasteiger partial charge in [0.15, 0.2) is 0 Å². The zero-order chi connectivity index (χ0) is 19.2. The number of rotatable bonds is 7. The molecule has 0 atom stereocenters. The van der Waals surface area contributed by atoms with Crippen LogP contribution in [-0.4, -0.2) is 11.6 Å². The summed E-state index contributed by atoms with van der Waals surface area (Å²) in [5.74, 6) is 0.593. The minimum Gasteiger partial charge on any atom is -0.494 e. The first-order valence-electron chi connectivity index (χ1n) is 9.27. The number of aromatic nitrogens is 1. The molecule has 0 saturated carbocycles. The molecule has 0 amide bonds. The predicted octanol–water partition coefficient (Wildman–Crippen LogP) is 6.54. The monoisotopic (exact) mass is 389 g/mol. The van der Waals surface area contributed by atoms with Crippen molar-refractivity contribution in [3.8, 4) is 5.75 Å². The fourth-order valence-corrected chi connectivity index (χ4v) is 4.03. The molecule has 0 aliphatic heterocycles. The van der Waals surface area contributed by atoms with Gasteiger partial charge >= 0.3 is 0 Å². The molecule has 0 N–H and O–H groups in total. The van der Waals surface area contributed by atoms with Gasteiger partial charge in [-0.15, -0.1) is 0 Å². The van der Waals surface area contributed by atoms with E-state index in [0.717, 1.165) is 39.3 Å². The number of nitrogens with zero attached hydrogens (tertiary/aromatic N) is 1. The van der Waals surface area contributed by atoms with E-state index in [-0.39, 0.29) is 5.82 Å². The lowest BCUT2D eigenvalue weighted by Gasteiger charge is -2.09. The van der Waals surface area contributed by atoms with Crippen LogP contribution in [0.4, 0.5) is 4.39 Å². The molecule has 4 aromatic rings. The molecule has 0 saturated heterocycles. The first kappa shape index (κ1) is 18.5. The van der Waals surface area contributed by atoms with E-state index >= 15 is 0 Å². The molecular weight excluding hydrogens is 369 g/mol. The number of pyridine rings is 1. The molecule has 1 aromatic heterocycles. The number of halogens is 1. The third-order valence-electron chi connectivity index (χ3n) is 4.42. The molecule has 28 heavy (non-hydrogen) atoms. The van der Waals surface area contributed by atoms with Gasteiger partial charge in [0.05, 0.1) is 12.1 Å². The molecule has 3 aromatic carbocycles. The normalized spacial score (nSPS) is 10.9. The average molecular weight is 389 g/mol. The lowest BCUT2D eigenvalue weighted by atomic mass is 10.1. The van der Waals surface area contributed by atoms with Gasteiger partial charge in [0, 0.05) is 27.4 Å². The van der Waals surface area contributed by atoms with E-state index in [1.54, 1.807) is 18.3 Å². The molecule has 0 bridgehead atoms. The van der Waals surface area contributed by atoms with Crippen LogP contribution in [0.3, 0.4) is 0 Å². The van der Waals surface area contributed by atoms with E-state index in [9.17, 15) is 4.39 Å². The second-order valence-corrected chi connectivity index (χ2v) is 7.60. The van der Waals surface area contributed by atoms with Gasteiger partial charge in [-0.3, -0.25) is 4.98 Å². The Kier molecular flexibility index (Phi) is 5.88. The van der Waals surface area contributed by atoms with Gasteiger partial charge < -0.3 is 4.74 Å². The van der Waals surface area contributed by atoms with Crippen LogP contribution in [0.15, 0.2) is 94.9 Å². The number of benzene rings is 3. The fraction of sp³-hybridized carbons (Fsp3) is 0.125. The van der Waals surface area contributed by atoms with Crippen LogP contribution < -0.4 is 4.74 Å². The quantitative estimate of drug-likeness (QED) is 0.335. The third-order valence-corrected chi connectivity index (χ3v) is 5.48. The number of aryl methyl sites for hydroxylation is 1. The Hall–Kier alpha value is -2.85. The Morgan fingerprint density at radius 1 is 0.893 bits per heavy atom. The fourth-order valence-electron chi connectivity index (χ4n) is 3.05. The van der Waals surface area contributed by atoms with Crippen LogP contribution in [0, 0.1) is 5.82 Å². The van der Waals surface area contributed by atoms with Gasteiger partial charge in [-0.1, -0.05) is 48.2 Å². The van der Waals surface area contributed by atoms with Crippen LogP contribution in [0.1, 0.15) is 12.0 Å². The summed E-state index contributed by atoms with van der Waals surface area (Å²) in [6.45, 7) is 0.665. The highest BCUT2D eigenvalue weighted by molar-refractivity contribution is 7.99. The van der Waals surface area contributed by atoms with Crippen molar-refractivity contribution in [3.63, 3.8) is 0 Å². The van der Waals surface area contributed by atoms with Crippen molar-refractivity contribution in [3.05, 3.63) is 96.4 Å².